The minimum atomic E-state index is -0.404. The second-order valence-electron chi connectivity index (χ2n) is 3.73. The van der Waals surface area contributed by atoms with Crippen LogP contribution in [0.1, 0.15) is 0 Å². The lowest BCUT2D eigenvalue weighted by Gasteiger charge is -1.98. The van der Waals surface area contributed by atoms with Gasteiger partial charge in [0.05, 0.1) is 21.1 Å². The van der Waals surface area contributed by atoms with Crippen LogP contribution in [-0.4, -0.2) is 15.1 Å². The summed E-state index contributed by atoms with van der Waals surface area (Å²) in [4.78, 5) is 12.1. The maximum Gasteiger partial charge on any atom is 0.324 e. The van der Waals surface area contributed by atoms with E-state index in [0.29, 0.717) is 5.82 Å². The van der Waals surface area contributed by atoms with Crippen LogP contribution < -0.4 is 5.73 Å². The highest BCUT2D eigenvalue weighted by molar-refractivity contribution is 7.18. The maximum absolute atomic E-state index is 10.7. The number of thiophene rings is 2. The summed E-state index contributed by atoms with van der Waals surface area (Å²) in [5, 5.41) is 19.6. The molecular formula is C11H8N4O2S2. The van der Waals surface area contributed by atoms with Crippen molar-refractivity contribution in [2.24, 2.45) is 0 Å². The number of anilines is 1. The molecule has 0 aliphatic heterocycles. The number of nitrogens with one attached hydrogen (secondary N) is 1. The topological polar surface area (TPSA) is 97.8 Å². The van der Waals surface area contributed by atoms with Gasteiger partial charge in [-0.1, -0.05) is 17.4 Å². The molecule has 0 aliphatic carbocycles. The molecule has 6 nitrogen and oxygen atoms in total. The van der Waals surface area contributed by atoms with E-state index in [4.69, 9.17) is 5.73 Å². The van der Waals surface area contributed by atoms with Gasteiger partial charge in [-0.3, -0.25) is 15.2 Å². The first-order valence-corrected chi connectivity index (χ1v) is 6.98. The fourth-order valence-electron chi connectivity index (χ4n) is 1.76. The average molecular weight is 292 g/mol. The summed E-state index contributed by atoms with van der Waals surface area (Å²) in [6, 6.07) is 7.05. The summed E-state index contributed by atoms with van der Waals surface area (Å²) in [7, 11) is 0. The number of rotatable bonds is 3. The van der Waals surface area contributed by atoms with Gasteiger partial charge >= 0.3 is 5.00 Å². The van der Waals surface area contributed by atoms with Gasteiger partial charge < -0.3 is 5.73 Å². The van der Waals surface area contributed by atoms with E-state index in [9.17, 15) is 10.1 Å². The quantitative estimate of drug-likeness (QED) is 0.571. The Morgan fingerprint density at radius 1 is 1.32 bits per heavy atom. The Hall–Kier alpha value is -2.19. The largest absolute Gasteiger partial charge is 0.382 e. The zero-order valence-corrected chi connectivity index (χ0v) is 11.1. The standard InChI is InChI=1S/C11H8N4O2S2/c12-11-9(6-2-1-5-18-6)10(13-14-11)7-3-4-8(19-7)15(16)17/h1-5H,(H3,12,13,14). The Kier molecular flexibility index (Phi) is 2.80. The minimum Gasteiger partial charge on any atom is -0.382 e. The molecule has 0 amide bonds. The first kappa shape index (κ1) is 11.9. The third-order valence-electron chi connectivity index (χ3n) is 2.58. The van der Waals surface area contributed by atoms with Crippen molar-refractivity contribution in [3.8, 4) is 21.0 Å². The van der Waals surface area contributed by atoms with Crippen LogP contribution in [0.2, 0.25) is 0 Å². The normalized spacial score (nSPS) is 10.7. The van der Waals surface area contributed by atoms with Gasteiger partial charge in [-0.2, -0.15) is 5.10 Å². The van der Waals surface area contributed by atoms with Gasteiger partial charge in [0.15, 0.2) is 5.82 Å². The van der Waals surface area contributed by atoms with Crippen molar-refractivity contribution in [2.75, 3.05) is 5.73 Å². The fourth-order valence-corrected chi connectivity index (χ4v) is 3.37. The van der Waals surface area contributed by atoms with Crippen molar-refractivity contribution >= 4 is 33.5 Å². The first-order chi connectivity index (χ1) is 9.16. The van der Waals surface area contributed by atoms with Crippen LogP contribution in [0.4, 0.5) is 10.8 Å². The molecular weight excluding hydrogens is 284 g/mol. The molecule has 0 bridgehead atoms. The fraction of sp³-hybridized carbons (Fsp3) is 0. The maximum atomic E-state index is 10.7. The molecule has 19 heavy (non-hydrogen) atoms. The zero-order valence-electron chi connectivity index (χ0n) is 9.49. The van der Waals surface area contributed by atoms with Gasteiger partial charge in [0.1, 0.15) is 0 Å². The number of H-pyrrole nitrogens is 1. The van der Waals surface area contributed by atoms with Crippen LogP contribution in [-0.2, 0) is 0 Å². The molecule has 3 aromatic heterocycles. The van der Waals surface area contributed by atoms with E-state index in [1.165, 1.54) is 6.07 Å². The number of nitrogens with zero attached hydrogens (tertiary/aromatic N) is 2. The molecule has 0 spiro atoms. The predicted octanol–water partition coefficient (Wildman–Crippen LogP) is 3.36. The first-order valence-electron chi connectivity index (χ1n) is 5.29. The summed E-state index contributed by atoms with van der Waals surface area (Å²) >= 11 is 2.65. The lowest BCUT2D eigenvalue weighted by Crippen LogP contribution is -1.86. The molecule has 0 unspecified atom stereocenters. The summed E-state index contributed by atoms with van der Waals surface area (Å²) in [6.45, 7) is 0. The Bertz CT molecular complexity index is 730. The summed E-state index contributed by atoms with van der Waals surface area (Å²) in [5.74, 6) is 0.397. The highest BCUT2D eigenvalue weighted by Crippen LogP contribution is 2.41. The lowest BCUT2D eigenvalue weighted by molar-refractivity contribution is -0.380. The molecule has 96 valence electrons. The molecule has 8 heteroatoms. The van der Waals surface area contributed by atoms with E-state index in [1.54, 1.807) is 17.4 Å². The van der Waals surface area contributed by atoms with Crippen LogP contribution >= 0.6 is 22.7 Å². The summed E-state index contributed by atoms with van der Waals surface area (Å²) in [6.07, 6.45) is 0. The molecule has 0 aromatic carbocycles. The van der Waals surface area contributed by atoms with Crippen molar-refractivity contribution in [2.45, 2.75) is 0 Å². The number of nitrogens with two attached hydrogens (primary N) is 1. The molecule has 0 radical (unpaired) electrons. The number of aromatic amines is 1. The molecule has 0 atom stereocenters. The molecule has 0 fully saturated rings. The van der Waals surface area contributed by atoms with Crippen LogP contribution in [0, 0.1) is 10.1 Å². The number of nitrogen functional groups attached to an aromatic ring is 1. The Morgan fingerprint density at radius 3 is 2.79 bits per heavy atom. The molecule has 0 aliphatic rings. The Balaban J connectivity index is 2.13. The molecule has 0 saturated heterocycles. The SMILES string of the molecule is Nc1n[nH]c(-c2ccc([N+](=O)[O-])s2)c1-c1cccs1. The third kappa shape index (κ3) is 2.00. The molecule has 3 heterocycles. The summed E-state index contributed by atoms with van der Waals surface area (Å²) in [5.41, 5.74) is 7.39. The Morgan fingerprint density at radius 2 is 2.16 bits per heavy atom. The molecule has 0 saturated carbocycles. The molecule has 3 N–H and O–H groups in total. The second kappa shape index (κ2) is 4.48. The molecule has 3 aromatic rings. The predicted molar refractivity (Wildman–Crippen MR) is 76.3 cm³/mol. The second-order valence-corrected chi connectivity index (χ2v) is 5.74. The van der Waals surface area contributed by atoms with Gasteiger partial charge in [0, 0.05) is 10.9 Å². The van der Waals surface area contributed by atoms with Gasteiger partial charge in [0.2, 0.25) is 0 Å². The zero-order chi connectivity index (χ0) is 13.4. The van der Waals surface area contributed by atoms with E-state index in [1.807, 2.05) is 17.5 Å². The average Bonchev–Trinajstić information content (AvgIpc) is 3.07. The van der Waals surface area contributed by atoms with Gasteiger partial charge in [-0.15, -0.1) is 11.3 Å². The van der Waals surface area contributed by atoms with E-state index < -0.39 is 4.92 Å². The number of hydrogen-bond acceptors (Lipinski definition) is 6. The van der Waals surface area contributed by atoms with E-state index >= 15 is 0 Å². The van der Waals surface area contributed by atoms with Crippen LogP contribution in [0.25, 0.3) is 21.0 Å². The van der Waals surface area contributed by atoms with Crippen LogP contribution in [0.5, 0.6) is 0 Å². The lowest BCUT2D eigenvalue weighted by atomic mass is 10.1. The minimum absolute atomic E-state index is 0.0975. The number of aromatic nitrogens is 2. The number of nitro groups is 1. The van der Waals surface area contributed by atoms with Gasteiger partial charge in [0.25, 0.3) is 0 Å². The smallest absolute Gasteiger partial charge is 0.324 e. The van der Waals surface area contributed by atoms with Crippen molar-refractivity contribution in [3.05, 3.63) is 39.8 Å². The van der Waals surface area contributed by atoms with E-state index in [2.05, 4.69) is 10.2 Å². The highest BCUT2D eigenvalue weighted by atomic mass is 32.1. The Labute approximate surface area is 115 Å². The monoisotopic (exact) mass is 292 g/mol. The number of hydrogen-bond donors (Lipinski definition) is 2. The van der Waals surface area contributed by atoms with Crippen molar-refractivity contribution in [1.82, 2.24) is 10.2 Å². The molecule has 3 rings (SSSR count). The van der Waals surface area contributed by atoms with E-state index in [0.717, 1.165) is 32.3 Å². The van der Waals surface area contributed by atoms with Crippen molar-refractivity contribution < 1.29 is 4.92 Å². The van der Waals surface area contributed by atoms with Crippen molar-refractivity contribution in [1.29, 1.82) is 0 Å². The third-order valence-corrected chi connectivity index (χ3v) is 4.52. The highest BCUT2D eigenvalue weighted by Gasteiger charge is 2.19. The van der Waals surface area contributed by atoms with Gasteiger partial charge in [-0.25, -0.2) is 0 Å². The van der Waals surface area contributed by atoms with Gasteiger partial charge in [-0.05, 0) is 17.5 Å². The summed E-state index contributed by atoms with van der Waals surface area (Å²) < 4.78 is 0. The van der Waals surface area contributed by atoms with Crippen molar-refractivity contribution in [3.63, 3.8) is 0 Å². The van der Waals surface area contributed by atoms with E-state index in [-0.39, 0.29) is 5.00 Å². The van der Waals surface area contributed by atoms with Crippen LogP contribution in [0.3, 0.4) is 0 Å². The van der Waals surface area contributed by atoms with Crippen LogP contribution in [0.15, 0.2) is 29.6 Å².